The fourth-order valence-electron chi connectivity index (χ4n) is 3.18. The summed E-state index contributed by atoms with van der Waals surface area (Å²) in [4.78, 5) is 0. The fourth-order valence-corrected chi connectivity index (χ4v) is 4.60. The molecule has 1 aliphatic rings. The zero-order chi connectivity index (χ0) is 18.5. The van der Waals surface area contributed by atoms with Gasteiger partial charge in [-0.25, -0.2) is 4.39 Å². The molecular weight excluding hydrogens is 379 g/mol. The van der Waals surface area contributed by atoms with Crippen LogP contribution in [0, 0.1) is 12.7 Å². The molecule has 0 amide bonds. The molecule has 0 spiro atoms. The van der Waals surface area contributed by atoms with Crippen LogP contribution in [0.4, 0.5) is 4.39 Å². The molecule has 1 atom stereocenters. The molecule has 134 valence electrons. The Kier molecular flexibility index (Phi) is 4.00. The summed E-state index contributed by atoms with van der Waals surface area (Å²) in [6.45, 7) is 1.79. The lowest BCUT2D eigenvalue weighted by Gasteiger charge is -2.24. The van der Waals surface area contributed by atoms with E-state index in [4.69, 9.17) is 15.8 Å². The van der Waals surface area contributed by atoms with Gasteiger partial charge in [0.25, 0.3) is 0 Å². The number of nitrogens with zero attached hydrogens (tertiary/aromatic N) is 2. The summed E-state index contributed by atoms with van der Waals surface area (Å²) in [5.41, 5.74) is 2.60. The first-order chi connectivity index (χ1) is 12.3. The molecule has 1 aliphatic heterocycles. The average Bonchev–Trinajstić information content (AvgIpc) is 2.90. The van der Waals surface area contributed by atoms with Crippen LogP contribution in [-0.2, 0) is 10.1 Å². The lowest BCUT2D eigenvalue weighted by molar-refractivity contribution is 0.446. The van der Waals surface area contributed by atoms with Crippen molar-refractivity contribution in [2.45, 2.75) is 12.8 Å². The highest BCUT2D eigenvalue weighted by molar-refractivity contribution is 7.87. The quantitative estimate of drug-likeness (QED) is 0.622. The Morgan fingerprint density at radius 1 is 1.23 bits per heavy atom. The minimum atomic E-state index is -3.82. The van der Waals surface area contributed by atoms with E-state index in [1.165, 1.54) is 16.8 Å². The van der Waals surface area contributed by atoms with Gasteiger partial charge in [0.15, 0.2) is 0 Å². The van der Waals surface area contributed by atoms with Gasteiger partial charge in [-0.05, 0) is 42.8 Å². The molecule has 1 aromatic heterocycles. The minimum absolute atomic E-state index is 0.144. The molecule has 0 saturated carbocycles. The second-order valence-electron chi connectivity index (χ2n) is 6.11. The van der Waals surface area contributed by atoms with Crippen LogP contribution in [0.15, 0.2) is 48.5 Å². The van der Waals surface area contributed by atoms with E-state index in [1.54, 1.807) is 43.3 Å². The molecular formula is C18H14ClFN2O3S. The lowest BCUT2D eigenvalue weighted by atomic mass is 9.93. The van der Waals surface area contributed by atoms with Crippen molar-refractivity contribution in [3.63, 3.8) is 0 Å². The smallest absolute Gasteiger partial charge is 0.311 e. The number of rotatable bonds is 2. The summed E-state index contributed by atoms with van der Waals surface area (Å²) < 4.78 is 44.7. The Balaban J connectivity index is 1.92. The van der Waals surface area contributed by atoms with Crippen molar-refractivity contribution < 1.29 is 17.0 Å². The van der Waals surface area contributed by atoms with Crippen LogP contribution in [-0.4, -0.2) is 24.0 Å². The SMILES string of the molecule is Cc1nn(-c2cccc(Cl)c2)c2c1C(c1ccc(F)cc1)CS(=O)(=O)O2. The summed E-state index contributed by atoms with van der Waals surface area (Å²) >= 11 is 6.04. The van der Waals surface area contributed by atoms with Crippen molar-refractivity contribution in [1.29, 1.82) is 0 Å². The van der Waals surface area contributed by atoms with Crippen molar-refractivity contribution in [2.75, 3.05) is 5.75 Å². The minimum Gasteiger partial charge on any atom is -0.361 e. The number of aromatic nitrogens is 2. The zero-order valence-corrected chi connectivity index (χ0v) is 15.3. The van der Waals surface area contributed by atoms with Gasteiger partial charge in [-0.15, -0.1) is 0 Å². The topological polar surface area (TPSA) is 61.2 Å². The third-order valence-electron chi connectivity index (χ3n) is 4.31. The summed E-state index contributed by atoms with van der Waals surface area (Å²) in [6, 6.07) is 12.7. The molecule has 4 rings (SSSR count). The van der Waals surface area contributed by atoms with E-state index in [0.717, 1.165) is 0 Å². The molecule has 26 heavy (non-hydrogen) atoms. The van der Waals surface area contributed by atoms with Crippen LogP contribution in [0.5, 0.6) is 5.88 Å². The number of benzene rings is 2. The van der Waals surface area contributed by atoms with Gasteiger partial charge in [-0.1, -0.05) is 29.8 Å². The molecule has 1 unspecified atom stereocenters. The molecule has 0 N–H and O–H groups in total. The Hall–Kier alpha value is -2.38. The van der Waals surface area contributed by atoms with E-state index in [-0.39, 0.29) is 17.5 Å². The Labute approximate surface area is 155 Å². The van der Waals surface area contributed by atoms with E-state index >= 15 is 0 Å². The maximum Gasteiger partial charge on any atom is 0.311 e. The molecule has 0 bridgehead atoms. The highest BCUT2D eigenvalue weighted by atomic mass is 35.5. The molecule has 2 aromatic carbocycles. The van der Waals surface area contributed by atoms with Crippen molar-refractivity contribution >= 4 is 21.7 Å². The summed E-state index contributed by atoms with van der Waals surface area (Å²) in [7, 11) is -3.82. The van der Waals surface area contributed by atoms with Gasteiger partial charge in [0.05, 0.1) is 17.1 Å². The maximum atomic E-state index is 13.3. The van der Waals surface area contributed by atoms with Crippen LogP contribution < -0.4 is 4.18 Å². The van der Waals surface area contributed by atoms with Gasteiger partial charge in [0.2, 0.25) is 5.88 Å². The van der Waals surface area contributed by atoms with Crippen molar-refractivity contribution in [3.05, 3.63) is 76.2 Å². The first-order valence-electron chi connectivity index (χ1n) is 7.87. The number of hydrogen-bond donors (Lipinski definition) is 0. The predicted molar refractivity (Wildman–Crippen MR) is 96.0 cm³/mol. The van der Waals surface area contributed by atoms with Crippen LogP contribution in [0.1, 0.15) is 22.7 Å². The molecule has 0 radical (unpaired) electrons. The monoisotopic (exact) mass is 392 g/mol. The van der Waals surface area contributed by atoms with Crippen molar-refractivity contribution in [3.8, 4) is 11.6 Å². The van der Waals surface area contributed by atoms with Crippen LogP contribution in [0.25, 0.3) is 5.69 Å². The van der Waals surface area contributed by atoms with Gasteiger partial charge in [0.1, 0.15) is 5.82 Å². The third-order valence-corrected chi connectivity index (χ3v) is 5.70. The number of fused-ring (bicyclic) bond motifs is 1. The maximum absolute atomic E-state index is 13.3. The van der Waals surface area contributed by atoms with Gasteiger partial charge in [0, 0.05) is 16.5 Å². The molecule has 0 fully saturated rings. The molecule has 8 heteroatoms. The standard InChI is InChI=1S/C18H14ClFN2O3S/c1-11-17-16(12-5-7-14(20)8-6-12)10-26(23,24)25-18(17)22(21-11)15-4-2-3-13(19)9-15/h2-9,16H,10H2,1H3. The largest absolute Gasteiger partial charge is 0.361 e. The first-order valence-corrected chi connectivity index (χ1v) is 9.83. The van der Waals surface area contributed by atoms with Crippen molar-refractivity contribution in [1.82, 2.24) is 9.78 Å². The van der Waals surface area contributed by atoms with Gasteiger partial charge < -0.3 is 4.18 Å². The summed E-state index contributed by atoms with van der Waals surface area (Å²) in [5.74, 6) is -0.953. The fraction of sp³-hybridized carbons (Fsp3) is 0.167. The molecule has 3 aromatic rings. The number of hydrogen-bond acceptors (Lipinski definition) is 4. The first kappa shape index (κ1) is 17.1. The summed E-state index contributed by atoms with van der Waals surface area (Å²) in [5, 5.41) is 4.96. The molecule has 0 aliphatic carbocycles. The van der Waals surface area contributed by atoms with E-state index < -0.39 is 16.0 Å². The second kappa shape index (κ2) is 6.10. The van der Waals surface area contributed by atoms with Gasteiger partial charge in [-0.2, -0.15) is 18.2 Å². The lowest BCUT2D eigenvalue weighted by Crippen LogP contribution is -2.27. The molecule has 0 saturated heterocycles. The summed E-state index contributed by atoms with van der Waals surface area (Å²) in [6.07, 6.45) is 0. The highest BCUT2D eigenvalue weighted by Gasteiger charge is 2.37. The van der Waals surface area contributed by atoms with E-state index in [9.17, 15) is 12.8 Å². The molecule has 2 heterocycles. The van der Waals surface area contributed by atoms with Gasteiger partial charge in [-0.3, -0.25) is 0 Å². The Morgan fingerprint density at radius 2 is 1.96 bits per heavy atom. The Bertz CT molecular complexity index is 1090. The highest BCUT2D eigenvalue weighted by Crippen LogP contribution is 2.41. The average molecular weight is 393 g/mol. The zero-order valence-electron chi connectivity index (χ0n) is 13.7. The predicted octanol–water partition coefficient (Wildman–Crippen LogP) is 3.83. The van der Waals surface area contributed by atoms with E-state index in [0.29, 0.717) is 27.5 Å². The second-order valence-corrected chi connectivity index (χ2v) is 8.16. The third kappa shape index (κ3) is 2.97. The van der Waals surface area contributed by atoms with Crippen molar-refractivity contribution in [2.24, 2.45) is 0 Å². The number of aryl methyl sites for hydroxylation is 1. The van der Waals surface area contributed by atoms with Crippen LogP contribution >= 0.6 is 11.6 Å². The van der Waals surface area contributed by atoms with Crippen LogP contribution in [0.2, 0.25) is 5.02 Å². The molecule has 5 nitrogen and oxygen atoms in total. The van der Waals surface area contributed by atoms with Gasteiger partial charge >= 0.3 is 10.1 Å². The van der Waals surface area contributed by atoms with E-state index in [1.807, 2.05) is 0 Å². The number of halogens is 2. The van der Waals surface area contributed by atoms with Crippen LogP contribution in [0.3, 0.4) is 0 Å². The Morgan fingerprint density at radius 3 is 2.65 bits per heavy atom. The normalized spacial score (nSPS) is 18.2. The van der Waals surface area contributed by atoms with E-state index in [2.05, 4.69) is 5.10 Å².